The number of esters is 1. The number of nitrogens with one attached hydrogen (secondary N) is 3. The van der Waals surface area contributed by atoms with E-state index < -0.39 is 17.8 Å². The molecule has 1 heterocycles. The van der Waals surface area contributed by atoms with Crippen molar-refractivity contribution in [2.45, 2.75) is 38.6 Å². The van der Waals surface area contributed by atoms with Crippen LogP contribution >= 0.6 is 0 Å². The molecule has 148 valence electrons. The Morgan fingerprint density at radius 1 is 1.11 bits per heavy atom. The SMILES string of the molecule is C[C@@H]1CCCC[C@H]1NC(=O)COC(=O)CNC(=O)CNC(=O)c1ccco1. The molecule has 3 amide bonds. The summed E-state index contributed by atoms with van der Waals surface area (Å²) in [6, 6.07) is 3.13. The standard InChI is InChI=1S/C18H25N3O6/c1-12-5-2-3-6-13(12)21-16(23)11-27-17(24)10-19-15(22)9-20-18(25)14-7-4-8-26-14/h4,7-8,12-13H,2-3,5-6,9-11H2,1H3,(H,19,22)(H,20,25)(H,21,23)/t12-,13-/m1/s1. The van der Waals surface area contributed by atoms with Gasteiger partial charge in [-0.25, -0.2) is 0 Å². The predicted molar refractivity (Wildman–Crippen MR) is 94.6 cm³/mol. The zero-order chi connectivity index (χ0) is 19.6. The summed E-state index contributed by atoms with van der Waals surface area (Å²) < 4.78 is 9.73. The van der Waals surface area contributed by atoms with Crippen LogP contribution in [-0.2, 0) is 19.1 Å². The van der Waals surface area contributed by atoms with Gasteiger partial charge in [0, 0.05) is 6.04 Å². The largest absolute Gasteiger partial charge is 0.459 e. The Labute approximate surface area is 157 Å². The van der Waals surface area contributed by atoms with E-state index in [9.17, 15) is 19.2 Å². The number of rotatable bonds is 8. The third kappa shape index (κ3) is 7.12. The van der Waals surface area contributed by atoms with Gasteiger partial charge < -0.3 is 25.1 Å². The van der Waals surface area contributed by atoms with Crippen LogP contribution < -0.4 is 16.0 Å². The lowest BCUT2D eigenvalue weighted by atomic mass is 9.86. The second kappa shape index (κ2) is 10.3. The molecule has 2 rings (SSSR count). The first kappa shape index (κ1) is 20.5. The van der Waals surface area contributed by atoms with E-state index in [2.05, 4.69) is 22.9 Å². The van der Waals surface area contributed by atoms with Gasteiger partial charge in [0.2, 0.25) is 5.91 Å². The summed E-state index contributed by atoms with van der Waals surface area (Å²) in [6.07, 6.45) is 5.60. The lowest BCUT2D eigenvalue weighted by Crippen LogP contribution is -2.43. The first-order chi connectivity index (χ1) is 13.0. The highest BCUT2D eigenvalue weighted by Gasteiger charge is 2.23. The maximum absolute atomic E-state index is 11.9. The molecule has 0 unspecified atom stereocenters. The van der Waals surface area contributed by atoms with Gasteiger partial charge in [-0.1, -0.05) is 19.8 Å². The van der Waals surface area contributed by atoms with E-state index in [1.165, 1.54) is 18.8 Å². The number of carbonyl (C=O) groups is 4. The van der Waals surface area contributed by atoms with Crippen LogP contribution in [0.25, 0.3) is 0 Å². The monoisotopic (exact) mass is 379 g/mol. The Hall–Kier alpha value is -2.84. The molecule has 0 saturated heterocycles. The Bertz CT molecular complexity index is 658. The molecule has 1 aromatic rings. The Morgan fingerprint density at radius 3 is 2.59 bits per heavy atom. The minimum Gasteiger partial charge on any atom is -0.459 e. The van der Waals surface area contributed by atoms with Gasteiger partial charge in [0.1, 0.15) is 6.54 Å². The number of hydrogen-bond acceptors (Lipinski definition) is 6. The van der Waals surface area contributed by atoms with Gasteiger partial charge in [-0.3, -0.25) is 19.2 Å². The Kier molecular flexibility index (Phi) is 7.84. The van der Waals surface area contributed by atoms with Crippen molar-refractivity contribution in [1.29, 1.82) is 0 Å². The van der Waals surface area contributed by atoms with E-state index in [0.29, 0.717) is 5.92 Å². The molecule has 0 aromatic carbocycles. The molecular formula is C18H25N3O6. The first-order valence-corrected chi connectivity index (χ1v) is 8.99. The molecule has 0 aliphatic heterocycles. The molecule has 3 N–H and O–H groups in total. The highest BCUT2D eigenvalue weighted by atomic mass is 16.5. The van der Waals surface area contributed by atoms with Gasteiger partial charge in [0.25, 0.3) is 11.8 Å². The van der Waals surface area contributed by atoms with Crippen molar-refractivity contribution in [1.82, 2.24) is 16.0 Å². The second-order valence-electron chi connectivity index (χ2n) is 6.53. The fourth-order valence-corrected chi connectivity index (χ4v) is 2.86. The fraction of sp³-hybridized carbons (Fsp3) is 0.556. The van der Waals surface area contributed by atoms with Crippen molar-refractivity contribution in [3.63, 3.8) is 0 Å². The van der Waals surface area contributed by atoms with Crippen LogP contribution in [0.15, 0.2) is 22.8 Å². The lowest BCUT2D eigenvalue weighted by Gasteiger charge is -2.29. The molecule has 0 spiro atoms. The average molecular weight is 379 g/mol. The zero-order valence-electron chi connectivity index (χ0n) is 15.3. The van der Waals surface area contributed by atoms with Crippen molar-refractivity contribution >= 4 is 23.7 Å². The van der Waals surface area contributed by atoms with Crippen molar-refractivity contribution in [2.75, 3.05) is 19.7 Å². The Balaban J connectivity index is 1.57. The maximum Gasteiger partial charge on any atom is 0.325 e. The van der Waals surface area contributed by atoms with Crippen LogP contribution in [0.1, 0.15) is 43.2 Å². The average Bonchev–Trinajstić information content (AvgIpc) is 3.19. The third-order valence-corrected chi connectivity index (χ3v) is 4.41. The van der Waals surface area contributed by atoms with Gasteiger partial charge >= 0.3 is 5.97 Å². The van der Waals surface area contributed by atoms with Crippen LogP contribution in [0.2, 0.25) is 0 Å². The minimum atomic E-state index is -0.729. The summed E-state index contributed by atoms with van der Waals surface area (Å²) in [5.74, 6) is -1.68. The lowest BCUT2D eigenvalue weighted by molar-refractivity contribution is -0.148. The predicted octanol–water partition coefficient (Wildman–Crippen LogP) is 0.364. The number of ether oxygens (including phenoxy) is 1. The quantitative estimate of drug-likeness (QED) is 0.560. The molecule has 1 saturated carbocycles. The van der Waals surface area contributed by atoms with Crippen molar-refractivity contribution in [3.8, 4) is 0 Å². The zero-order valence-corrected chi connectivity index (χ0v) is 15.3. The molecule has 1 aromatic heterocycles. The fourth-order valence-electron chi connectivity index (χ4n) is 2.86. The molecule has 2 atom stereocenters. The maximum atomic E-state index is 11.9. The van der Waals surface area contributed by atoms with Gasteiger partial charge in [-0.05, 0) is 30.9 Å². The number of furan rings is 1. The number of amides is 3. The highest BCUT2D eigenvalue weighted by Crippen LogP contribution is 2.23. The first-order valence-electron chi connectivity index (χ1n) is 8.99. The van der Waals surface area contributed by atoms with E-state index in [4.69, 9.17) is 9.15 Å². The van der Waals surface area contributed by atoms with E-state index in [1.54, 1.807) is 6.07 Å². The van der Waals surface area contributed by atoms with E-state index >= 15 is 0 Å². The molecule has 1 aliphatic rings. The molecular weight excluding hydrogens is 354 g/mol. The van der Waals surface area contributed by atoms with Crippen molar-refractivity contribution < 1.29 is 28.3 Å². The van der Waals surface area contributed by atoms with Crippen molar-refractivity contribution in [2.24, 2.45) is 5.92 Å². The van der Waals surface area contributed by atoms with Crippen molar-refractivity contribution in [3.05, 3.63) is 24.2 Å². The molecule has 0 radical (unpaired) electrons. The summed E-state index contributed by atoms with van der Waals surface area (Å²) in [4.78, 5) is 46.7. The van der Waals surface area contributed by atoms with Crippen LogP contribution in [0.5, 0.6) is 0 Å². The summed E-state index contributed by atoms with van der Waals surface area (Å²) >= 11 is 0. The summed E-state index contributed by atoms with van der Waals surface area (Å²) in [5.41, 5.74) is 0. The van der Waals surface area contributed by atoms with E-state index in [1.807, 2.05) is 0 Å². The summed E-state index contributed by atoms with van der Waals surface area (Å²) in [7, 11) is 0. The molecule has 9 nitrogen and oxygen atoms in total. The van der Waals surface area contributed by atoms with Crippen LogP contribution in [0.4, 0.5) is 0 Å². The van der Waals surface area contributed by atoms with Crippen LogP contribution in [-0.4, -0.2) is 49.4 Å². The normalized spacial score (nSPS) is 19.0. The summed E-state index contributed by atoms with van der Waals surface area (Å²) in [5, 5.41) is 7.53. The molecule has 1 fully saturated rings. The van der Waals surface area contributed by atoms with Gasteiger partial charge in [-0.2, -0.15) is 0 Å². The third-order valence-electron chi connectivity index (χ3n) is 4.41. The van der Waals surface area contributed by atoms with E-state index in [0.717, 1.165) is 19.3 Å². The number of hydrogen-bond donors (Lipinski definition) is 3. The molecule has 27 heavy (non-hydrogen) atoms. The van der Waals surface area contributed by atoms with Gasteiger partial charge in [0.15, 0.2) is 12.4 Å². The minimum absolute atomic E-state index is 0.0838. The van der Waals surface area contributed by atoms with Crippen LogP contribution in [0.3, 0.4) is 0 Å². The van der Waals surface area contributed by atoms with Crippen LogP contribution in [0, 0.1) is 5.92 Å². The Morgan fingerprint density at radius 2 is 1.89 bits per heavy atom. The van der Waals surface area contributed by atoms with Gasteiger partial charge in [0.05, 0.1) is 12.8 Å². The molecule has 9 heteroatoms. The highest BCUT2D eigenvalue weighted by molar-refractivity contribution is 5.94. The van der Waals surface area contributed by atoms with E-state index in [-0.39, 0.29) is 37.4 Å². The molecule has 1 aliphatic carbocycles. The molecule has 0 bridgehead atoms. The second-order valence-corrected chi connectivity index (χ2v) is 6.53. The topological polar surface area (TPSA) is 127 Å². The number of carbonyl (C=O) groups excluding carboxylic acids is 4. The van der Waals surface area contributed by atoms with Gasteiger partial charge in [-0.15, -0.1) is 0 Å². The summed E-state index contributed by atoms with van der Waals surface area (Å²) in [6.45, 7) is 1.01. The smallest absolute Gasteiger partial charge is 0.325 e.